The normalized spacial score (nSPS) is 19.8. The second kappa shape index (κ2) is 9.69. The second-order valence-corrected chi connectivity index (χ2v) is 11.1. The predicted octanol–water partition coefficient (Wildman–Crippen LogP) is 5.36. The number of benzene rings is 2. The number of hydrogen-bond donors (Lipinski definition) is 2. The largest absolute Gasteiger partial charge is 0.412 e. The molecule has 188 valence electrons. The Morgan fingerprint density at radius 2 is 1.03 bits per heavy atom. The summed E-state index contributed by atoms with van der Waals surface area (Å²) in [7, 11) is 0. The summed E-state index contributed by atoms with van der Waals surface area (Å²) in [6.07, 6.45) is 6.05. The van der Waals surface area contributed by atoms with Crippen LogP contribution in [0, 0.1) is 22.7 Å². The third kappa shape index (κ3) is 4.67. The molecule has 0 bridgehead atoms. The van der Waals surface area contributed by atoms with Gasteiger partial charge in [-0.3, -0.25) is 10.2 Å². The van der Waals surface area contributed by atoms with E-state index in [4.69, 9.17) is 10.5 Å². The Morgan fingerprint density at radius 3 is 1.35 bits per heavy atom. The SMILES string of the molecule is CC1(C)CC(c2ccc(C#N)cc2)c2cn[nH]c21.CC1(C)C[C@H](c2ccc(C#N)cc2)c2cn[nH]c21.O. The summed E-state index contributed by atoms with van der Waals surface area (Å²) in [5, 5.41) is 32.3. The number of H-pyrrole nitrogens is 2. The molecule has 0 amide bonds. The molecule has 0 aliphatic heterocycles. The van der Waals surface area contributed by atoms with Crippen LogP contribution >= 0.6 is 0 Å². The van der Waals surface area contributed by atoms with Crippen LogP contribution in [-0.4, -0.2) is 25.9 Å². The lowest BCUT2D eigenvalue weighted by atomic mass is 9.86. The molecule has 0 spiro atoms. The molecule has 0 saturated carbocycles. The molecule has 2 aromatic heterocycles. The Morgan fingerprint density at radius 1 is 0.676 bits per heavy atom. The zero-order valence-electron chi connectivity index (χ0n) is 21.6. The average Bonchev–Trinajstić information content (AvgIpc) is 3.65. The van der Waals surface area contributed by atoms with Gasteiger partial charge >= 0.3 is 0 Å². The summed E-state index contributed by atoms with van der Waals surface area (Å²) in [5.74, 6) is 0.781. The van der Waals surface area contributed by atoms with Crippen LogP contribution in [-0.2, 0) is 10.8 Å². The number of nitriles is 2. The maximum Gasteiger partial charge on any atom is 0.0991 e. The summed E-state index contributed by atoms with van der Waals surface area (Å²) < 4.78 is 0. The molecular weight excluding hydrogens is 460 g/mol. The van der Waals surface area contributed by atoms with Gasteiger partial charge in [-0.25, -0.2) is 0 Å². The number of aromatic amines is 2. The van der Waals surface area contributed by atoms with Crippen LogP contribution in [0.4, 0.5) is 0 Å². The highest BCUT2D eigenvalue weighted by atomic mass is 16.0. The van der Waals surface area contributed by atoms with Gasteiger partial charge in [0.2, 0.25) is 0 Å². The highest BCUT2D eigenvalue weighted by Crippen LogP contribution is 2.48. The molecule has 7 heteroatoms. The maximum atomic E-state index is 8.84. The van der Waals surface area contributed by atoms with Crippen LogP contribution in [0.5, 0.6) is 0 Å². The first-order chi connectivity index (χ1) is 17.2. The molecule has 0 saturated heterocycles. The van der Waals surface area contributed by atoms with Crippen molar-refractivity contribution in [1.29, 1.82) is 10.5 Å². The Balaban J connectivity index is 0.000000168. The van der Waals surface area contributed by atoms with E-state index in [1.165, 1.54) is 33.6 Å². The van der Waals surface area contributed by atoms with Crippen LogP contribution < -0.4 is 0 Å². The first-order valence-corrected chi connectivity index (χ1v) is 12.3. The fraction of sp³-hybridized carbons (Fsp3) is 0.333. The van der Waals surface area contributed by atoms with Crippen LogP contribution in [0.1, 0.15) is 97.1 Å². The van der Waals surface area contributed by atoms with E-state index in [2.05, 4.69) is 84.5 Å². The lowest BCUT2D eigenvalue weighted by Gasteiger charge is -2.18. The van der Waals surface area contributed by atoms with Crippen molar-refractivity contribution in [2.75, 3.05) is 0 Å². The lowest BCUT2D eigenvalue weighted by Crippen LogP contribution is -2.14. The van der Waals surface area contributed by atoms with E-state index in [1.54, 1.807) is 0 Å². The van der Waals surface area contributed by atoms with Crippen molar-refractivity contribution in [1.82, 2.24) is 20.4 Å². The van der Waals surface area contributed by atoms with E-state index in [-0.39, 0.29) is 16.3 Å². The van der Waals surface area contributed by atoms with Crippen molar-refractivity contribution in [2.24, 2.45) is 0 Å². The van der Waals surface area contributed by atoms with Gasteiger partial charge in [0.1, 0.15) is 0 Å². The van der Waals surface area contributed by atoms with Crippen LogP contribution in [0.3, 0.4) is 0 Å². The molecule has 0 radical (unpaired) electrons. The summed E-state index contributed by atoms with van der Waals surface area (Å²) in [5.41, 5.74) is 9.33. The number of rotatable bonds is 2. The average molecular weight is 493 g/mol. The quantitative estimate of drug-likeness (QED) is 0.389. The van der Waals surface area contributed by atoms with Gasteiger partial charge < -0.3 is 5.48 Å². The lowest BCUT2D eigenvalue weighted by molar-refractivity contribution is 0.483. The van der Waals surface area contributed by atoms with Gasteiger partial charge in [0.25, 0.3) is 0 Å². The molecule has 4 N–H and O–H groups in total. The van der Waals surface area contributed by atoms with Crippen LogP contribution in [0.25, 0.3) is 0 Å². The smallest absolute Gasteiger partial charge is 0.0991 e. The van der Waals surface area contributed by atoms with Crippen molar-refractivity contribution in [3.63, 3.8) is 0 Å². The highest BCUT2D eigenvalue weighted by Gasteiger charge is 2.40. The van der Waals surface area contributed by atoms with Crippen LogP contribution in [0.2, 0.25) is 0 Å². The first kappa shape index (κ1) is 25.9. The second-order valence-electron chi connectivity index (χ2n) is 11.1. The van der Waals surface area contributed by atoms with Crippen molar-refractivity contribution in [2.45, 2.75) is 63.2 Å². The minimum absolute atomic E-state index is 0. The molecule has 0 fully saturated rings. The van der Waals surface area contributed by atoms with Gasteiger partial charge in [-0.1, -0.05) is 52.0 Å². The minimum Gasteiger partial charge on any atom is -0.412 e. The topological polar surface area (TPSA) is 136 Å². The van der Waals surface area contributed by atoms with Gasteiger partial charge in [0.15, 0.2) is 0 Å². The Hall–Kier alpha value is -4.20. The van der Waals surface area contributed by atoms with Gasteiger partial charge in [-0.2, -0.15) is 20.7 Å². The zero-order chi connectivity index (χ0) is 25.5. The molecule has 2 heterocycles. The Bertz CT molecular complexity index is 1350. The Kier molecular flexibility index (Phi) is 6.78. The van der Waals surface area contributed by atoms with E-state index in [1.807, 2.05) is 36.7 Å². The molecule has 2 atom stereocenters. The number of nitrogens with zero attached hydrogens (tertiary/aromatic N) is 4. The number of nitrogens with one attached hydrogen (secondary N) is 2. The number of fused-ring (bicyclic) bond motifs is 2. The van der Waals surface area contributed by atoms with Crippen molar-refractivity contribution in [3.8, 4) is 12.1 Å². The molecule has 2 aromatic carbocycles. The highest BCUT2D eigenvalue weighted by molar-refractivity contribution is 5.45. The van der Waals surface area contributed by atoms with Crippen molar-refractivity contribution in [3.05, 3.63) is 106 Å². The maximum absolute atomic E-state index is 8.84. The molecule has 1 unspecified atom stereocenters. The molecule has 7 nitrogen and oxygen atoms in total. The fourth-order valence-electron chi connectivity index (χ4n) is 5.82. The molecule has 6 rings (SSSR count). The first-order valence-electron chi connectivity index (χ1n) is 12.3. The van der Waals surface area contributed by atoms with Gasteiger partial charge in [0, 0.05) is 45.2 Å². The number of aromatic nitrogens is 4. The molecule has 2 aliphatic carbocycles. The standard InChI is InChI=1S/2C15H15N3.H2O/c2*1-15(2)7-12(13-9-17-18-14(13)15)11-5-3-10(8-16)4-6-11;/h2*3-6,9,12H,7H2,1-2H3,(H,17,18);1H2/t12-;;/m1../s1. The third-order valence-corrected chi connectivity index (χ3v) is 7.75. The Labute approximate surface area is 217 Å². The monoisotopic (exact) mass is 492 g/mol. The number of hydrogen-bond acceptors (Lipinski definition) is 4. The predicted molar refractivity (Wildman–Crippen MR) is 142 cm³/mol. The zero-order valence-corrected chi connectivity index (χ0v) is 21.6. The van der Waals surface area contributed by atoms with Gasteiger partial charge in [-0.05, 0) is 48.2 Å². The summed E-state index contributed by atoms with van der Waals surface area (Å²) in [4.78, 5) is 0. The van der Waals surface area contributed by atoms with Crippen molar-refractivity contribution >= 4 is 0 Å². The van der Waals surface area contributed by atoms with Crippen LogP contribution in [0.15, 0.2) is 60.9 Å². The van der Waals surface area contributed by atoms with Gasteiger partial charge in [0.05, 0.1) is 35.7 Å². The molecule has 4 aromatic rings. The van der Waals surface area contributed by atoms with E-state index in [9.17, 15) is 0 Å². The van der Waals surface area contributed by atoms with Gasteiger partial charge in [-0.15, -0.1) is 0 Å². The third-order valence-electron chi connectivity index (χ3n) is 7.75. The van der Waals surface area contributed by atoms with E-state index in [0.717, 1.165) is 12.8 Å². The van der Waals surface area contributed by atoms with E-state index >= 15 is 0 Å². The summed E-state index contributed by atoms with van der Waals surface area (Å²) >= 11 is 0. The van der Waals surface area contributed by atoms with E-state index < -0.39 is 0 Å². The summed E-state index contributed by atoms with van der Waals surface area (Å²) in [6.45, 7) is 8.97. The molecular formula is C30H32N6O. The molecule has 2 aliphatic rings. The van der Waals surface area contributed by atoms with Crippen molar-refractivity contribution < 1.29 is 5.48 Å². The minimum atomic E-state index is 0. The molecule has 37 heavy (non-hydrogen) atoms. The van der Waals surface area contributed by atoms with E-state index in [0.29, 0.717) is 23.0 Å². The summed E-state index contributed by atoms with van der Waals surface area (Å²) in [6, 6.07) is 20.1. The fourth-order valence-corrected chi connectivity index (χ4v) is 5.82.